The van der Waals surface area contributed by atoms with Crippen molar-refractivity contribution in [2.45, 2.75) is 25.2 Å². The van der Waals surface area contributed by atoms with Crippen LogP contribution in [0.25, 0.3) is 0 Å². The molecule has 0 bridgehead atoms. The van der Waals surface area contributed by atoms with Gasteiger partial charge < -0.3 is 14.8 Å². The summed E-state index contributed by atoms with van der Waals surface area (Å²) in [5.41, 5.74) is 0.708. The van der Waals surface area contributed by atoms with Crippen LogP contribution in [0.3, 0.4) is 0 Å². The fraction of sp³-hybridized carbons (Fsp3) is 0.500. The van der Waals surface area contributed by atoms with Gasteiger partial charge in [0.25, 0.3) is 0 Å². The lowest BCUT2D eigenvalue weighted by molar-refractivity contribution is -0.147. The minimum absolute atomic E-state index is 0.0577. The molecule has 1 aliphatic rings. The number of nitrogens with one attached hydrogen (secondary N) is 1. The van der Waals surface area contributed by atoms with E-state index in [1.807, 2.05) is 0 Å². The number of hydrogen-bond donors (Lipinski definition) is 1. The Morgan fingerprint density at radius 1 is 1.47 bits per heavy atom. The van der Waals surface area contributed by atoms with E-state index in [9.17, 15) is 4.79 Å². The number of esters is 1. The van der Waals surface area contributed by atoms with Gasteiger partial charge >= 0.3 is 5.97 Å². The fourth-order valence-corrected chi connectivity index (χ4v) is 2.42. The van der Waals surface area contributed by atoms with Crippen molar-refractivity contribution in [2.75, 3.05) is 13.7 Å². The van der Waals surface area contributed by atoms with Crippen molar-refractivity contribution in [1.29, 1.82) is 0 Å². The monoisotopic (exact) mass is 304 g/mol. The third-order valence-corrected chi connectivity index (χ3v) is 3.30. The summed E-state index contributed by atoms with van der Waals surface area (Å²) in [4.78, 5) is 15.6. The molecule has 0 unspecified atom stereocenters. The van der Waals surface area contributed by atoms with E-state index in [1.54, 1.807) is 19.2 Å². The highest BCUT2D eigenvalue weighted by Gasteiger charge is 2.30. The molecule has 1 aliphatic heterocycles. The molecule has 104 valence electrons. The Bertz CT molecular complexity index is 450. The second-order valence-electron chi connectivity index (χ2n) is 4.28. The van der Waals surface area contributed by atoms with Crippen molar-refractivity contribution in [3.8, 4) is 0 Å². The van der Waals surface area contributed by atoms with E-state index in [2.05, 4.69) is 10.3 Å². The van der Waals surface area contributed by atoms with Gasteiger partial charge in [-0.2, -0.15) is 0 Å². The largest absolute Gasteiger partial charge is 0.460 e. The number of pyridine rings is 1. The highest BCUT2D eigenvalue weighted by atomic mass is 35.5. The number of rotatable bonds is 4. The van der Waals surface area contributed by atoms with Crippen molar-refractivity contribution < 1.29 is 14.3 Å². The predicted octanol–water partition coefficient (Wildman–Crippen LogP) is 1.81. The zero-order valence-electron chi connectivity index (χ0n) is 10.4. The molecule has 1 N–H and O–H groups in total. The van der Waals surface area contributed by atoms with Gasteiger partial charge in [0.05, 0.1) is 6.10 Å². The van der Waals surface area contributed by atoms with E-state index in [0.29, 0.717) is 18.5 Å². The molecule has 1 aromatic rings. The van der Waals surface area contributed by atoms with Crippen LogP contribution in [0.1, 0.15) is 12.0 Å². The van der Waals surface area contributed by atoms with Crippen LogP contribution in [-0.4, -0.2) is 36.8 Å². The van der Waals surface area contributed by atoms with Crippen LogP contribution < -0.4 is 5.32 Å². The smallest absolute Gasteiger partial charge is 0.323 e. The lowest BCUT2D eigenvalue weighted by Gasteiger charge is -2.10. The van der Waals surface area contributed by atoms with Crippen LogP contribution in [-0.2, 0) is 20.9 Å². The van der Waals surface area contributed by atoms with Crippen LogP contribution in [0.4, 0.5) is 0 Å². The lowest BCUT2D eigenvalue weighted by Crippen LogP contribution is -2.32. The summed E-state index contributed by atoms with van der Waals surface area (Å²) in [5, 5.41) is 3.60. The van der Waals surface area contributed by atoms with E-state index < -0.39 is 0 Å². The van der Waals surface area contributed by atoms with Crippen LogP contribution in [0.5, 0.6) is 0 Å². The Morgan fingerprint density at radius 3 is 2.74 bits per heavy atom. The number of ether oxygens (including phenoxy) is 2. The normalized spacial score (nSPS) is 22.5. The molecule has 1 aromatic heterocycles. The number of carbonyl (C=O) groups excluding carboxylic acids is 1. The highest BCUT2D eigenvalue weighted by molar-refractivity contribution is 6.32. The second kappa shape index (κ2) is 6.52. The Kier molecular flexibility index (Phi) is 4.99. The maximum absolute atomic E-state index is 11.8. The quantitative estimate of drug-likeness (QED) is 0.679. The van der Waals surface area contributed by atoms with Gasteiger partial charge in [-0.1, -0.05) is 23.2 Å². The molecule has 0 radical (unpaired) electrons. The second-order valence-corrected chi connectivity index (χ2v) is 5.06. The van der Waals surface area contributed by atoms with Crippen molar-refractivity contribution in [3.63, 3.8) is 0 Å². The van der Waals surface area contributed by atoms with E-state index in [-0.39, 0.29) is 35.0 Å². The molecule has 19 heavy (non-hydrogen) atoms. The lowest BCUT2D eigenvalue weighted by atomic mass is 10.2. The minimum Gasteiger partial charge on any atom is -0.460 e. The number of hydrogen-bond acceptors (Lipinski definition) is 5. The van der Waals surface area contributed by atoms with Gasteiger partial charge in [-0.3, -0.25) is 4.79 Å². The number of nitrogens with zero attached hydrogens (tertiary/aromatic N) is 1. The third kappa shape index (κ3) is 4.04. The van der Waals surface area contributed by atoms with Gasteiger partial charge in [0.1, 0.15) is 23.0 Å². The van der Waals surface area contributed by atoms with Crippen molar-refractivity contribution in [3.05, 3.63) is 28.0 Å². The molecule has 0 spiro atoms. The Labute approximate surface area is 121 Å². The fourth-order valence-electron chi connectivity index (χ4n) is 1.91. The van der Waals surface area contributed by atoms with Crippen LogP contribution in [0, 0.1) is 0 Å². The first kappa shape index (κ1) is 14.5. The molecular formula is C12H14Cl2N2O3. The summed E-state index contributed by atoms with van der Waals surface area (Å²) in [6.07, 6.45) is 0.676. The van der Waals surface area contributed by atoms with Gasteiger partial charge in [-0.15, -0.1) is 0 Å². The summed E-state index contributed by atoms with van der Waals surface area (Å²) in [6, 6.07) is 2.90. The summed E-state index contributed by atoms with van der Waals surface area (Å²) in [5.74, 6) is -0.302. The minimum atomic E-state index is -0.322. The van der Waals surface area contributed by atoms with Gasteiger partial charge in [0, 0.05) is 20.1 Å². The standard InChI is InChI=1S/C12H14Cl2N2O3/c1-18-8-4-9(15-5-8)12(17)19-6-7-2-10(13)16-11(14)3-7/h2-3,8-9,15H,4-6H2,1H3/t8-,9+/m1/s1. The average Bonchev–Trinajstić information content (AvgIpc) is 2.83. The Hall–Kier alpha value is -0.880. The maximum Gasteiger partial charge on any atom is 0.323 e. The first-order valence-corrected chi connectivity index (χ1v) is 6.59. The molecular weight excluding hydrogens is 291 g/mol. The first-order chi connectivity index (χ1) is 9.08. The Morgan fingerprint density at radius 2 is 2.16 bits per heavy atom. The Balaban J connectivity index is 1.86. The predicted molar refractivity (Wildman–Crippen MR) is 71.3 cm³/mol. The molecule has 2 rings (SSSR count). The zero-order valence-corrected chi connectivity index (χ0v) is 11.9. The number of aromatic nitrogens is 1. The van der Waals surface area contributed by atoms with Crippen LogP contribution in [0.2, 0.25) is 10.3 Å². The van der Waals surface area contributed by atoms with Gasteiger partial charge in [0.2, 0.25) is 0 Å². The zero-order chi connectivity index (χ0) is 13.8. The van der Waals surface area contributed by atoms with Crippen molar-refractivity contribution in [1.82, 2.24) is 10.3 Å². The van der Waals surface area contributed by atoms with Gasteiger partial charge in [-0.25, -0.2) is 4.98 Å². The molecule has 2 heterocycles. The number of methoxy groups -OCH3 is 1. The molecule has 0 amide bonds. The van der Waals surface area contributed by atoms with E-state index in [0.717, 1.165) is 0 Å². The van der Waals surface area contributed by atoms with E-state index in [4.69, 9.17) is 32.7 Å². The van der Waals surface area contributed by atoms with Crippen LogP contribution in [0.15, 0.2) is 12.1 Å². The molecule has 7 heteroatoms. The maximum atomic E-state index is 11.8. The molecule has 0 saturated carbocycles. The van der Waals surface area contributed by atoms with Crippen LogP contribution >= 0.6 is 23.2 Å². The molecule has 1 saturated heterocycles. The average molecular weight is 305 g/mol. The number of halogens is 2. The molecule has 2 atom stereocenters. The van der Waals surface area contributed by atoms with Crippen molar-refractivity contribution >= 4 is 29.2 Å². The molecule has 1 fully saturated rings. The van der Waals surface area contributed by atoms with E-state index in [1.165, 1.54) is 0 Å². The summed E-state index contributed by atoms with van der Waals surface area (Å²) < 4.78 is 10.4. The third-order valence-electron chi connectivity index (χ3n) is 2.91. The molecule has 0 aliphatic carbocycles. The summed E-state index contributed by atoms with van der Waals surface area (Å²) >= 11 is 11.5. The summed E-state index contributed by atoms with van der Waals surface area (Å²) in [6.45, 7) is 0.778. The van der Waals surface area contributed by atoms with Gasteiger partial charge in [-0.05, 0) is 17.7 Å². The number of carbonyl (C=O) groups is 1. The molecule has 5 nitrogen and oxygen atoms in total. The topological polar surface area (TPSA) is 60.5 Å². The first-order valence-electron chi connectivity index (χ1n) is 5.83. The van der Waals surface area contributed by atoms with Crippen molar-refractivity contribution in [2.24, 2.45) is 0 Å². The summed E-state index contributed by atoms with van der Waals surface area (Å²) in [7, 11) is 1.63. The van der Waals surface area contributed by atoms with Gasteiger partial charge in [0.15, 0.2) is 0 Å². The van der Waals surface area contributed by atoms with E-state index >= 15 is 0 Å². The molecule has 0 aromatic carbocycles. The SMILES string of the molecule is CO[C@H]1CN[C@H](C(=O)OCc2cc(Cl)nc(Cl)c2)C1. The highest BCUT2D eigenvalue weighted by Crippen LogP contribution is 2.16.